The van der Waals surface area contributed by atoms with Crippen molar-refractivity contribution in [2.75, 3.05) is 25.5 Å². The summed E-state index contributed by atoms with van der Waals surface area (Å²) in [4.78, 5) is 26.7. The number of ether oxygens (including phenoxy) is 1. The molecule has 0 fully saturated rings. The molecule has 2 amide bonds. The lowest BCUT2D eigenvalue weighted by atomic mass is 9.94. The van der Waals surface area contributed by atoms with Gasteiger partial charge in [-0.25, -0.2) is 0 Å². The van der Waals surface area contributed by atoms with E-state index in [2.05, 4.69) is 5.32 Å². The highest BCUT2D eigenvalue weighted by molar-refractivity contribution is 5.95. The topological polar surface area (TPSA) is 84.7 Å². The van der Waals surface area contributed by atoms with Crippen LogP contribution in [0, 0.1) is 5.92 Å². The predicted molar refractivity (Wildman–Crippen MR) is 114 cm³/mol. The Bertz CT molecular complexity index is 771. The van der Waals surface area contributed by atoms with Crippen molar-refractivity contribution in [1.29, 1.82) is 0 Å². The van der Waals surface area contributed by atoms with E-state index in [4.69, 9.17) is 10.5 Å². The summed E-state index contributed by atoms with van der Waals surface area (Å²) >= 11 is 0. The van der Waals surface area contributed by atoms with Crippen LogP contribution >= 0.6 is 12.4 Å². The van der Waals surface area contributed by atoms with E-state index in [-0.39, 0.29) is 30.8 Å². The van der Waals surface area contributed by atoms with Crippen molar-refractivity contribution in [2.45, 2.75) is 19.9 Å². The summed E-state index contributed by atoms with van der Waals surface area (Å²) in [7, 11) is 1.57. The van der Waals surface area contributed by atoms with E-state index in [1.54, 1.807) is 38.3 Å². The Labute approximate surface area is 172 Å². The van der Waals surface area contributed by atoms with Crippen LogP contribution in [0.15, 0.2) is 54.6 Å². The van der Waals surface area contributed by atoms with Crippen LogP contribution in [-0.2, 0) is 9.59 Å². The van der Waals surface area contributed by atoms with Crippen molar-refractivity contribution in [1.82, 2.24) is 4.90 Å². The second kappa shape index (κ2) is 11.3. The SMILES string of the molecule is CCN(CC(=O)Nc1cccc(OC)c1)C(=O)C(C)C(N)c1ccccc1.Cl. The van der Waals surface area contributed by atoms with E-state index in [1.807, 2.05) is 37.3 Å². The number of rotatable bonds is 8. The Hall–Kier alpha value is -2.57. The van der Waals surface area contributed by atoms with Crippen LogP contribution in [0.5, 0.6) is 5.75 Å². The third-order valence-electron chi connectivity index (χ3n) is 4.49. The number of hydrogen-bond acceptors (Lipinski definition) is 4. The number of carbonyl (C=O) groups excluding carboxylic acids is 2. The van der Waals surface area contributed by atoms with Gasteiger partial charge in [-0.15, -0.1) is 12.4 Å². The standard InChI is InChI=1S/C21H27N3O3.ClH/c1-4-24(14-19(25)23-17-11-8-12-18(13-17)27-3)21(26)15(2)20(22)16-9-6-5-7-10-16;/h5-13,15,20H,4,14,22H2,1-3H3,(H,23,25);1H. The molecule has 2 rings (SSSR count). The molecule has 2 aromatic carbocycles. The fourth-order valence-electron chi connectivity index (χ4n) is 2.83. The van der Waals surface area contributed by atoms with Crippen LogP contribution in [-0.4, -0.2) is 36.9 Å². The molecule has 0 heterocycles. The average molecular weight is 406 g/mol. The van der Waals surface area contributed by atoms with Crippen molar-refractivity contribution in [2.24, 2.45) is 11.7 Å². The van der Waals surface area contributed by atoms with E-state index < -0.39 is 12.0 Å². The molecule has 0 radical (unpaired) electrons. The zero-order valence-electron chi connectivity index (χ0n) is 16.4. The highest BCUT2D eigenvalue weighted by Gasteiger charge is 2.27. The van der Waals surface area contributed by atoms with E-state index in [0.29, 0.717) is 18.0 Å². The van der Waals surface area contributed by atoms with Crippen LogP contribution < -0.4 is 15.8 Å². The monoisotopic (exact) mass is 405 g/mol. The second-order valence-electron chi connectivity index (χ2n) is 6.36. The van der Waals surface area contributed by atoms with Crippen molar-refractivity contribution in [3.8, 4) is 5.75 Å². The first kappa shape index (κ1) is 23.5. The van der Waals surface area contributed by atoms with Gasteiger partial charge in [-0.05, 0) is 24.6 Å². The fourth-order valence-corrected chi connectivity index (χ4v) is 2.83. The summed E-state index contributed by atoms with van der Waals surface area (Å²) in [5.74, 6) is -0.191. The van der Waals surface area contributed by atoms with Gasteiger partial charge in [0, 0.05) is 24.3 Å². The molecule has 152 valence electrons. The molecule has 0 aliphatic carbocycles. The van der Waals surface area contributed by atoms with Gasteiger partial charge in [-0.3, -0.25) is 9.59 Å². The molecule has 7 heteroatoms. The fraction of sp³-hybridized carbons (Fsp3) is 0.333. The third-order valence-corrected chi connectivity index (χ3v) is 4.49. The van der Waals surface area contributed by atoms with Crippen LogP contribution in [0.4, 0.5) is 5.69 Å². The molecule has 28 heavy (non-hydrogen) atoms. The van der Waals surface area contributed by atoms with Crippen LogP contribution in [0.25, 0.3) is 0 Å². The number of hydrogen-bond donors (Lipinski definition) is 2. The molecule has 2 unspecified atom stereocenters. The number of nitrogens with two attached hydrogens (primary N) is 1. The summed E-state index contributed by atoms with van der Waals surface area (Å²) in [5.41, 5.74) is 7.78. The molecule has 0 aliphatic rings. The molecule has 0 bridgehead atoms. The van der Waals surface area contributed by atoms with E-state index in [1.165, 1.54) is 4.90 Å². The van der Waals surface area contributed by atoms with Crippen molar-refractivity contribution >= 4 is 29.9 Å². The Morgan fingerprint density at radius 2 is 1.82 bits per heavy atom. The maximum Gasteiger partial charge on any atom is 0.243 e. The normalized spacial score (nSPS) is 12.3. The number of carbonyl (C=O) groups is 2. The van der Waals surface area contributed by atoms with Gasteiger partial charge in [0.15, 0.2) is 0 Å². The first-order valence-corrected chi connectivity index (χ1v) is 8.99. The maximum atomic E-state index is 12.8. The number of likely N-dealkylation sites (N-methyl/N-ethyl adjacent to an activating group) is 1. The number of methoxy groups -OCH3 is 1. The molecule has 0 aliphatic heterocycles. The lowest BCUT2D eigenvalue weighted by molar-refractivity contribution is -0.138. The van der Waals surface area contributed by atoms with Gasteiger partial charge in [0.05, 0.1) is 19.6 Å². The minimum atomic E-state index is -0.433. The average Bonchev–Trinajstić information content (AvgIpc) is 2.71. The summed E-state index contributed by atoms with van der Waals surface area (Å²) < 4.78 is 5.15. The van der Waals surface area contributed by atoms with Crippen molar-refractivity contribution < 1.29 is 14.3 Å². The molecule has 0 aromatic heterocycles. The first-order valence-electron chi connectivity index (χ1n) is 8.99. The van der Waals surface area contributed by atoms with Crippen molar-refractivity contribution in [3.05, 3.63) is 60.2 Å². The molecule has 0 saturated carbocycles. The molecule has 2 aromatic rings. The number of nitrogens with one attached hydrogen (secondary N) is 1. The molecule has 3 N–H and O–H groups in total. The predicted octanol–water partition coefficient (Wildman–Crippen LogP) is 3.24. The molecular weight excluding hydrogens is 378 g/mol. The van der Waals surface area contributed by atoms with Gasteiger partial charge in [0.25, 0.3) is 0 Å². The molecule has 6 nitrogen and oxygen atoms in total. The van der Waals surface area contributed by atoms with Gasteiger partial charge in [0.1, 0.15) is 5.75 Å². The Balaban J connectivity index is 0.00000392. The van der Waals surface area contributed by atoms with Gasteiger partial charge >= 0.3 is 0 Å². The minimum absolute atomic E-state index is 0. The molecule has 2 atom stereocenters. The molecule has 0 saturated heterocycles. The Morgan fingerprint density at radius 3 is 2.43 bits per heavy atom. The number of nitrogens with zero attached hydrogens (tertiary/aromatic N) is 1. The van der Waals surface area contributed by atoms with Gasteiger partial charge in [-0.1, -0.05) is 43.3 Å². The lowest BCUT2D eigenvalue weighted by Gasteiger charge is -2.27. The highest BCUT2D eigenvalue weighted by Crippen LogP contribution is 2.21. The second-order valence-corrected chi connectivity index (χ2v) is 6.36. The minimum Gasteiger partial charge on any atom is -0.497 e. The number of amides is 2. The van der Waals surface area contributed by atoms with Crippen LogP contribution in [0.3, 0.4) is 0 Å². The van der Waals surface area contributed by atoms with E-state index >= 15 is 0 Å². The van der Waals surface area contributed by atoms with Crippen LogP contribution in [0.2, 0.25) is 0 Å². The number of halogens is 1. The largest absolute Gasteiger partial charge is 0.497 e. The zero-order valence-corrected chi connectivity index (χ0v) is 17.2. The summed E-state index contributed by atoms with van der Waals surface area (Å²) in [5, 5.41) is 2.79. The summed E-state index contributed by atoms with van der Waals surface area (Å²) in [6, 6.07) is 16.2. The quantitative estimate of drug-likeness (QED) is 0.706. The third kappa shape index (κ3) is 6.25. The summed E-state index contributed by atoms with van der Waals surface area (Å²) in [6.07, 6.45) is 0. The van der Waals surface area contributed by atoms with Gasteiger partial charge < -0.3 is 20.7 Å². The smallest absolute Gasteiger partial charge is 0.243 e. The van der Waals surface area contributed by atoms with Gasteiger partial charge in [0.2, 0.25) is 11.8 Å². The maximum absolute atomic E-state index is 12.8. The first-order chi connectivity index (χ1) is 13.0. The highest BCUT2D eigenvalue weighted by atomic mass is 35.5. The summed E-state index contributed by atoms with van der Waals surface area (Å²) in [6.45, 7) is 4.04. The number of anilines is 1. The molecular formula is C21H28ClN3O3. The molecule has 0 spiro atoms. The van der Waals surface area contributed by atoms with Crippen LogP contribution in [0.1, 0.15) is 25.5 Å². The van der Waals surface area contributed by atoms with E-state index in [9.17, 15) is 9.59 Å². The zero-order chi connectivity index (χ0) is 19.8. The van der Waals surface area contributed by atoms with Crippen molar-refractivity contribution in [3.63, 3.8) is 0 Å². The van der Waals surface area contributed by atoms with E-state index in [0.717, 1.165) is 5.56 Å². The Kier molecular flexibility index (Phi) is 9.48. The number of benzene rings is 2. The Morgan fingerprint density at radius 1 is 1.14 bits per heavy atom. The van der Waals surface area contributed by atoms with Gasteiger partial charge in [-0.2, -0.15) is 0 Å². The lowest BCUT2D eigenvalue weighted by Crippen LogP contribution is -2.43.